The summed E-state index contributed by atoms with van der Waals surface area (Å²) in [6.07, 6.45) is 3.94. The van der Waals surface area contributed by atoms with E-state index in [-0.39, 0.29) is 11.6 Å². The van der Waals surface area contributed by atoms with Gasteiger partial charge in [0.05, 0.1) is 11.6 Å². The highest BCUT2D eigenvalue weighted by atomic mass is 19.1. The lowest BCUT2D eigenvalue weighted by atomic mass is 10.0. The molecule has 1 aromatic heterocycles. The summed E-state index contributed by atoms with van der Waals surface area (Å²) in [5.41, 5.74) is 2.92. The van der Waals surface area contributed by atoms with E-state index in [4.69, 9.17) is 9.68 Å². The molecule has 2 aromatic carbocycles. The van der Waals surface area contributed by atoms with Crippen LogP contribution < -0.4 is 0 Å². The number of aromatic nitrogens is 1. The van der Waals surface area contributed by atoms with E-state index in [1.165, 1.54) is 12.1 Å². The van der Waals surface area contributed by atoms with Crippen molar-refractivity contribution in [2.24, 2.45) is 0 Å². The van der Waals surface area contributed by atoms with Gasteiger partial charge in [0.15, 0.2) is 11.8 Å². The van der Waals surface area contributed by atoms with Crippen molar-refractivity contribution < 1.29 is 8.81 Å². The lowest BCUT2D eigenvalue weighted by Gasteiger charge is -2.13. The van der Waals surface area contributed by atoms with Crippen LogP contribution in [0.25, 0.3) is 22.2 Å². The maximum atomic E-state index is 13.7. The molecule has 3 aromatic rings. The van der Waals surface area contributed by atoms with E-state index in [1.54, 1.807) is 17.0 Å². The van der Waals surface area contributed by atoms with Crippen LogP contribution in [0.15, 0.2) is 40.8 Å². The maximum absolute atomic E-state index is 13.7. The number of rotatable bonds is 2. The van der Waals surface area contributed by atoms with Gasteiger partial charge in [-0.3, -0.25) is 4.90 Å². The molecule has 0 bridgehead atoms. The second kappa shape index (κ2) is 5.92. The maximum Gasteiger partial charge on any atom is 0.218 e. The first-order valence-corrected chi connectivity index (χ1v) is 7.96. The van der Waals surface area contributed by atoms with Crippen LogP contribution in [0.5, 0.6) is 0 Å². The van der Waals surface area contributed by atoms with Crippen molar-refractivity contribution in [3.63, 3.8) is 0 Å². The third-order valence-electron chi connectivity index (χ3n) is 4.43. The molecule has 0 radical (unpaired) electrons. The SMILES string of the molecule is N#Cc1cc(F)cc(-c2ccc3oc(C4CCCN4C#N)nc3c2)c1. The fourth-order valence-corrected chi connectivity index (χ4v) is 3.23. The van der Waals surface area contributed by atoms with Crippen molar-refractivity contribution in [2.75, 3.05) is 6.54 Å². The Balaban J connectivity index is 1.75. The molecule has 5 nitrogen and oxygen atoms in total. The second-order valence-electron chi connectivity index (χ2n) is 6.03. The van der Waals surface area contributed by atoms with Gasteiger partial charge >= 0.3 is 0 Å². The van der Waals surface area contributed by atoms with Gasteiger partial charge in [0, 0.05) is 6.54 Å². The summed E-state index contributed by atoms with van der Waals surface area (Å²) in [7, 11) is 0. The van der Waals surface area contributed by atoms with E-state index in [0.29, 0.717) is 29.1 Å². The van der Waals surface area contributed by atoms with Crippen LogP contribution in [0.3, 0.4) is 0 Å². The van der Waals surface area contributed by atoms with E-state index in [2.05, 4.69) is 11.2 Å². The molecule has 0 amide bonds. The van der Waals surface area contributed by atoms with Gasteiger partial charge in [-0.15, -0.1) is 0 Å². The van der Waals surface area contributed by atoms with Crippen LogP contribution in [0.4, 0.5) is 4.39 Å². The Labute approximate surface area is 143 Å². The molecule has 1 fully saturated rings. The molecule has 4 rings (SSSR count). The normalized spacial score (nSPS) is 16.8. The van der Waals surface area contributed by atoms with Crippen molar-refractivity contribution in [3.05, 3.63) is 53.7 Å². The molecule has 122 valence electrons. The molecule has 25 heavy (non-hydrogen) atoms. The van der Waals surface area contributed by atoms with Gasteiger partial charge < -0.3 is 4.42 Å². The quantitative estimate of drug-likeness (QED) is 0.660. The second-order valence-corrected chi connectivity index (χ2v) is 6.03. The summed E-state index contributed by atoms with van der Waals surface area (Å²) in [5.74, 6) is 0.0776. The number of benzene rings is 2. The number of fused-ring (bicyclic) bond motifs is 1. The lowest BCUT2D eigenvalue weighted by molar-refractivity contribution is 0.314. The predicted molar refractivity (Wildman–Crippen MR) is 88.4 cm³/mol. The number of nitriles is 2. The fraction of sp³-hybridized carbons (Fsp3) is 0.211. The molecule has 0 N–H and O–H groups in total. The van der Waals surface area contributed by atoms with Gasteiger partial charge in [0.2, 0.25) is 5.89 Å². The van der Waals surface area contributed by atoms with Gasteiger partial charge in [0.25, 0.3) is 0 Å². The number of oxazole rings is 1. The molecule has 1 atom stereocenters. The fourth-order valence-electron chi connectivity index (χ4n) is 3.23. The van der Waals surface area contributed by atoms with Crippen molar-refractivity contribution in [1.29, 1.82) is 10.5 Å². The van der Waals surface area contributed by atoms with Crippen LogP contribution in [-0.2, 0) is 0 Å². The third kappa shape index (κ3) is 2.68. The topological polar surface area (TPSA) is 76.8 Å². The van der Waals surface area contributed by atoms with E-state index >= 15 is 0 Å². The minimum Gasteiger partial charge on any atom is -0.438 e. The number of hydrogen-bond acceptors (Lipinski definition) is 5. The lowest BCUT2D eigenvalue weighted by Crippen LogP contribution is -2.17. The first-order chi connectivity index (χ1) is 12.2. The Bertz CT molecular complexity index is 1040. The highest BCUT2D eigenvalue weighted by Gasteiger charge is 2.29. The Hall–Kier alpha value is -3.38. The molecule has 0 aliphatic carbocycles. The summed E-state index contributed by atoms with van der Waals surface area (Å²) >= 11 is 0. The minimum atomic E-state index is -0.453. The Morgan fingerprint density at radius 1 is 1.16 bits per heavy atom. The van der Waals surface area contributed by atoms with Crippen LogP contribution in [0, 0.1) is 28.6 Å². The number of hydrogen-bond donors (Lipinski definition) is 0. The van der Waals surface area contributed by atoms with E-state index in [1.807, 2.05) is 18.2 Å². The van der Waals surface area contributed by atoms with E-state index < -0.39 is 5.82 Å². The number of halogens is 1. The van der Waals surface area contributed by atoms with Crippen molar-refractivity contribution in [1.82, 2.24) is 9.88 Å². The van der Waals surface area contributed by atoms with Crippen LogP contribution in [0.2, 0.25) is 0 Å². The third-order valence-corrected chi connectivity index (χ3v) is 4.43. The molecule has 1 aliphatic rings. The summed E-state index contributed by atoms with van der Waals surface area (Å²) < 4.78 is 19.5. The van der Waals surface area contributed by atoms with Gasteiger partial charge in [0.1, 0.15) is 17.4 Å². The summed E-state index contributed by atoms with van der Waals surface area (Å²) in [4.78, 5) is 6.20. The van der Waals surface area contributed by atoms with Crippen molar-refractivity contribution >= 4 is 11.1 Å². The highest BCUT2D eigenvalue weighted by Crippen LogP contribution is 2.33. The molecular weight excluding hydrogens is 319 g/mol. The summed E-state index contributed by atoms with van der Waals surface area (Å²) in [6.45, 7) is 0.714. The van der Waals surface area contributed by atoms with E-state index in [9.17, 15) is 9.65 Å². The zero-order valence-electron chi connectivity index (χ0n) is 13.2. The molecule has 0 saturated carbocycles. The zero-order chi connectivity index (χ0) is 17.4. The number of likely N-dealkylation sites (tertiary alicyclic amines) is 1. The Morgan fingerprint density at radius 2 is 2.04 bits per heavy atom. The molecule has 1 unspecified atom stereocenters. The molecular formula is C19H13FN4O. The Kier molecular flexibility index (Phi) is 3.59. The molecule has 0 spiro atoms. The standard InChI is InChI=1S/C19H13FN4O/c20-15-7-12(10-21)6-14(8-15)13-3-4-18-16(9-13)23-19(25-18)17-2-1-5-24(17)11-22/h3-4,6-9,17H,1-2,5H2. The van der Waals surface area contributed by atoms with Gasteiger partial charge in [-0.05, 0) is 54.3 Å². The zero-order valence-corrected chi connectivity index (χ0v) is 13.2. The number of nitrogens with zero attached hydrogens (tertiary/aromatic N) is 4. The first kappa shape index (κ1) is 15.2. The average Bonchev–Trinajstić information content (AvgIpc) is 3.26. The van der Waals surface area contributed by atoms with Crippen molar-refractivity contribution in [3.8, 4) is 23.4 Å². The first-order valence-electron chi connectivity index (χ1n) is 7.96. The molecule has 2 heterocycles. The van der Waals surface area contributed by atoms with Gasteiger partial charge in [-0.25, -0.2) is 9.37 Å². The average molecular weight is 332 g/mol. The Morgan fingerprint density at radius 3 is 2.84 bits per heavy atom. The van der Waals surface area contributed by atoms with Crippen molar-refractivity contribution in [2.45, 2.75) is 18.9 Å². The van der Waals surface area contributed by atoms with Gasteiger partial charge in [-0.2, -0.15) is 10.5 Å². The monoisotopic (exact) mass is 332 g/mol. The molecule has 1 aliphatic heterocycles. The van der Waals surface area contributed by atoms with Crippen LogP contribution in [0.1, 0.15) is 30.3 Å². The highest BCUT2D eigenvalue weighted by molar-refractivity contribution is 5.80. The predicted octanol–water partition coefficient (Wildman–Crippen LogP) is 4.12. The molecule has 6 heteroatoms. The van der Waals surface area contributed by atoms with Crippen LogP contribution >= 0.6 is 0 Å². The largest absolute Gasteiger partial charge is 0.438 e. The smallest absolute Gasteiger partial charge is 0.218 e. The summed E-state index contributed by atoms with van der Waals surface area (Å²) in [5, 5.41) is 18.2. The van der Waals surface area contributed by atoms with Crippen LogP contribution in [-0.4, -0.2) is 16.4 Å². The van der Waals surface area contributed by atoms with Gasteiger partial charge in [-0.1, -0.05) is 6.07 Å². The summed E-state index contributed by atoms with van der Waals surface area (Å²) in [6, 6.07) is 11.5. The molecule has 1 saturated heterocycles. The minimum absolute atomic E-state index is 0.125. The van der Waals surface area contributed by atoms with E-state index in [0.717, 1.165) is 18.4 Å².